The van der Waals surface area contributed by atoms with Gasteiger partial charge in [0.25, 0.3) is 0 Å². The number of nitrogens with zero attached hydrogens (tertiary/aromatic N) is 1. The summed E-state index contributed by atoms with van der Waals surface area (Å²) in [5.41, 5.74) is 0.859. The zero-order chi connectivity index (χ0) is 18.6. The lowest BCUT2D eigenvalue weighted by atomic mass is 9.48. The van der Waals surface area contributed by atoms with E-state index in [1.807, 2.05) is 6.07 Å². The Hall–Kier alpha value is -0.860. The van der Waals surface area contributed by atoms with Crippen LogP contribution in [-0.2, 0) is 16.6 Å². The first-order valence-electron chi connectivity index (χ1n) is 10.4. The van der Waals surface area contributed by atoms with E-state index in [4.69, 9.17) is 9.47 Å². The van der Waals surface area contributed by atoms with Crippen LogP contribution in [0.3, 0.4) is 0 Å². The van der Waals surface area contributed by atoms with E-state index in [2.05, 4.69) is 13.1 Å². The van der Waals surface area contributed by atoms with Crippen LogP contribution in [0.4, 0.5) is 0 Å². The molecule has 3 aliphatic carbocycles. The largest absolute Gasteiger partial charge is 1.00 e. The summed E-state index contributed by atoms with van der Waals surface area (Å²) in [4.78, 5) is 12.9. The second-order valence-electron chi connectivity index (χ2n) is 9.79. The van der Waals surface area contributed by atoms with Gasteiger partial charge in [0.2, 0.25) is 0 Å². The highest BCUT2D eigenvalue weighted by atomic mass is 127. The van der Waals surface area contributed by atoms with E-state index in [0.717, 1.165) is 41.9 Å². The summed E-state index contributed by atoms with van der Waals surface area (Å²) in [5, 5.41) is 12.3. The molecule has 2 saturated carbocycles. The molecule has 5 nitrogen and oxygen atoms in total. The first-order chi connectivity index (χ1) is 12.9. The summed E-state index contributed by atoms with van der Waals surface area (Å²) >= 11 is 0. The molecule has 2 bridgehead atoms. The fourth-order valence-corrected chi connectivity index (χ4v) is 7.09. The molecule has 1 aromatic rings. The molecule has 6 heteroatoms. The minimum Gasteiger partial charge on any atom is -1.00 e. The minimum absolute atomic E-state index is 0. The lowest BCUT2D eigenvalue weighted by Gasteiger charge is -2.64. The van der Waals surface area contributed by atoms with Crippen LogP contribution in [0.1, 0.15) is 43.2 Å². The van der Waals surface area contributed by atoms with Crippen LogP contribution < -0.4 is 33.5 Å². The van der Waals surface area contributed by atoms with Crippen molar-refractivity contribution in [2.24, 2.45) is 5.92 Å². The fraction of sp³-hybridized carbons (Fsp3) is 0.682. The number of hydrogen-bond acceptors (Lipinski definition) is 4. The van der Waals surface area contributed by atoms with Crippen LogP contribution in [0.25, 0.3) is 0 Å². The topological polar surface area (TPSA) is 55.8 Å². The number of carbonyl (C=O) groups excluding carboxylic acids is 1. The normalized spacial score (nSPS) is 42.3. The molecule has 0 aromatic heterocycles. The lowest BCUT2D eigenvalue weighted by molar-refractivity contribution is -0.950. The van der Waals surface area contributed by atoms with Crippen molar-refractivity contribution in [3.05, 3.63) is 23.3 Å². The number of quaternary nitrogens is 1. The molecular formula is C22H28INO4. The molecule has 1 aromatic carbocycles. The quantitative estimate of drug-likeness (QED) is 0.429. The molecule has 5 aliphatic rings. The van der Waals surface area contributed by atoms with E-state index in [9.17, 15) is 9.90 Å². The van der Waals surface area contributed by atoms with Gasteiger partial charge in [-0.1, -0.05) is 6.07 Å². The zero-order valence-electron chi connectivity index (χ0n) is 16.5. The fourth-order valence-electron chi connectivity index (χ4n) is 7.09. The number of rotatable bonds is 3. The number of Topliss-reactive ketones (excluding diaryl/α,β-unsaturated/α-hetero) is 1. The van der Waals surface area contributed by atoms with Gasteiger partial charge in [0.15, 0.2) is 23.4 Å². The number of ether oxygens (including phenoxy) is 2. The molecule has 3 fully saturated rings. The predicted octanol–water partition coefficient (Wildman–Crippen LogP) is -1.02. The van der Waals surface area contributed by atoms with Crippen LogP contribution in [0, 0.1) is 5.92 Å². The van der Waals surface area contributed by atoms with Crippen molar-refractivity contribution in [1.82, 2.24) is 0 Å². The molecular weight excluding hydrogens is 469 g/mol. The van der Waals surface area contributed by atoms with Crippen LogP contribution in [0.2, 0.25) is 0 Å². The van der Waals surface area contributed by atoms with Gasteiger partial charge >= 0.3 is 0 Å². The van der Waals surface area contributed by atoms with Crippen molar-refractivity contribution in [3.8, 4) is 11.5 Å². The molecule has 1 spiro atoms. The second kappa shape index (κ2) is 5.85. The van der Waals surface area contributed by atoms with E-state index < -0.39 is 17.1 Å². The maximum atomic E-state index is 12.9. The predicted molar refractivity (Wildman–Crippen MR) is 99.0 cm³/mol. The average molecular weight is 497 g/mol. The van der Waals surface area contributed by atoms with E-state index in [0.29, 0.717) is 24.3 Å². The molecule has 6 rings (SSSR count). The standard InChI is InChI=1S/C22H28NO4.HI/c1-23(12-13-3-4-13)10-9-21-18-14-5-6-16(26-2)19(18)27-20(21)15(24)7-8-22(21,25)17(23)11-14;/h5-6,13,17,20,25H,3-4,7-12H2,1-2H3;1H/q+1;/p-1. The van der Waals surface area contributed by atoms with Crippen LogP contribution >= 0.6 is 0 Å². The van der Waals surface area contributed by atoms with Crippen molar-refractivity contribution in [2.75, 3.05) is 27.2 Å². The van der Waals surface area contributed by atoms with Gasteiger partial charge in [-0.2, -0.15) is 0 Å². The number of ketones is 1. The van der Waals surface area contributed by atoms with Crippen molar-refractivity contribution in [1.29, 1.82) is 0 Å². The first-order valence-corrected chi connectivity index (χ1v) is 10.4. The molecule has 0 radical (unpaired) electrons. The number of methoxy groups -OCH3 is 1. The minimum atomic E-state index is -0.877. The maximum absolute atomic E-state index is 12.9. The van der Waals surface area contributed by atoms with Gasteiger partial charge in [0.05, 0.1) is 32.7 Å². The van der Waals surface area contributed by atoms with Gasteiger partial charge in [-0.15, -0.1) is 0 Å². The van der Waals surface area contributed by atoms with Gasteiger partial charge in [-0.25, -0.2) is 0 Å². The van der Waals surface area contributed by atoms with E-state index in [1.54, 1.807) is 7.11 Å². The maximum Gasteiger partial charge on any atom is 0.174 e. The SMILES string of the molecule is COc1ccc2c3c1OC1C(=O)CCC4(O)C(C2)[N+](C)(CC2CC2)CCC314.[I-]. The Labute approximate surface area is 183 Å². The van der Waals surface area contributed by atoms with E-state index >= 15 is 0 Å². The number of hydrogen-bond donors (Lipinski definition) is 1. The summed E-state index contributed by atoms with van der Waals surface area (Å²) in [7, 11) is 3.98. The molecule has 0 amide bonds. The van der Waals surface area contributed by atoms with Gasteiger partial charge < -0.3 is 43.0 Å². The number of likely N-dealkylation sites (tertiary alicyclic amines) is 1. The third-order valence-electron chi connectivity index (χ3n) is 8.48. The number of likely N-dealkylation sites (N-methyl/N-ethyl adjacent to an activating group) is 1. The van der Waals surface area contributed by atoms with Crippen molar-refractivity contribution < 1.29 is 47.8 Å². The molecule has 5 unspecified atom stereocenters. The molecule has 2 aliphatic heterocycles. The van der Waals surface area contributed by atoms with Gasteiger partial charge in [-0.05, 0) is 30.9 Å². The summed E-state index contributed by atoms with van der Waals surface area (Å²) in [6, 6.07) is 4.25. The Kier molecular flexibility index (Phi) is 4.00. The van der Waals surface area contributed by atoms with Crippen LogP contribution in [0.15, 0.2) is 12.1 Å². The summed E-state index contributed by atoms with van der Waals surface area (Å²) in [6.45, 7) is 2.16. The van der Waals surface area contributed by atoms with Crippen LogP contribution in [0.5, 0.6) is 11.5 Å². The number of benzene rings is 1. The molecule has 5 atom stereocenters. The molecule has 28 heavy (non-hydrogen) atoms. The van der Waals surface area contributed by atoms with E-state index in [1.165, 1.54) is 18.4 Å². The van der Waals surface area contributed by atoms with Gasteiger partial charge in [0, 0.05) is 30.7 Å². The third kappa shape index (κ3) is 2.07. The Balaban J connectivity index is 0.00000171. The van der Waals surface area contributed by atoms with Crippen molar-refractivity contribution in [2.45, 2.75) is 61.7 Å². The summed E-state index contributed by atoms with van der Waals surface area (Å²) in [5.74, 6) is 2.35. The molecule has 1 saturated heterocycles. The van der Waals surface area contributed by atoms with Gasteiger partial charge in [-0.3, -0.25) is 4.79 Å². The number of carbonyl (C=O) groups is 1. The number of halogens is 1. The van der Waals surface area contributed by atoms with Gasteiger partial charge in [0.1, 0.15) is 11.6 Å². The molecule has 1 N–H and O–H groups in total. The summed E-state index contributed by atoms with van der Waals surface area (Å²) in [6.07, 6.45) is 4.74. The van der Waals surface area contributed by atoms with E-state index in [-0.39, 0.29) is 35.8 Å². The summed E-state index contributed by atoms with van der Waals surface area (Å²) < 4.78 is 12.8. The highest BCUT2D eigenvalue weighted by Crippen LogP contribution is 2.66. The Morgan fingerprint density at radius 2 is 2.11 bits per heavy atom. The van der Waals surface area contributed by atoms with Crippen molar-refractivity contribution in [3.63, 3.8) is 0 Å². The number of piperidine rings is 1. The Morgan fingerprint density at radius 1 is 1.32 bits per heavy atom. The third-order valence-corrected chi connectivity index (χ3v) is 8.48. The molecule has 152 valence electrons. The smallest absolute Gasteiger partial charge is 0.174 e. The Bertz CT molecular complexity index is 870. The first kappa shape index (κ1) is 19.1. The number of aliphatic hydroxyl groups is 1. The zero-order valence-corrected chi connectivity index (χ0v) is 18.7. The second-order valence-corrected chi connectivity index (χ2v) is 9.79. The lowest BCUT2D eigenvalue weighted by Crippen LogP contribution is -3.00. The molecule has 2 heterocycles. The van der Waals surface area contributed by atoms with Crippen LogP contribution in [-0.4, -0.2) is 60.4 Å². The highest BCUT2D eigenvalue weighted by molar-refractivity contribution is 5.90. The van der Waals surface area contributed by atoms with Crippen molar-refractivity contribution >= 4 is 5.78 Å². The highest BCUT2D eigenvalue weighted by Gasteiger charge is 2.76. The Morgan fingerprint density at radius 3 is 2.82 bits per heavy atom. The monoisotopic (exact) mass is 497 g/mol. The average Bonchev–Trinajstić information content (AvgIpc) is 3.37.